The maximum Gasteiger partial charge on any atom is 0.240 e. The number of thioether (sulfide) groups is 1. The number of amides is 1. The minimum Gasteiger partial charge on any atom is -0.378 e. The maximum absolute atomic E-state index is 13.4. The topological polar surface area (TPSA) is 67.2 Å². The van der Waals surface area contributed by atoms with Gasteiger partial charge in [-0.15, -0.1) is 11.8 Å². The van der Waals surface area contributed by atoms with Crippen molar-refractivity contribution in [3.05, 3.63) is 107 Å². The van der Waals surface area contributed by atoms with Crippen molar-refractivity contribution in [1.29, 1.82) is 0 Å². The Labute approximate surface area is 248 Å². The number of para-hydroxylation sites is 1. The van der Waals surface area contributed by atoms with E-state index in [1.165, 1.54) is 0 Å². The molecule has 0 radical (unpaired) electrons. The number of aryl methyl sites for hydroxylation is 1. The van der Waals surface area contributed by atoms with Crippen LogP contribution in [-0.4, -0.2) is 45.5 Å². The molecule has 1 atom stereocenters. The minimum absolute atomic E-state index is 0.0238. The van der Waals surface area contributed by atoms with Crippen LogP contribution in [0.3, 0.4) is 0 Å². The Hall–Kier alpha value is -4.14. The minimum atomic E-state index is -0.235. The molecule has 6 rings (SSSR count). The Balaban J connectivity index is 1.50. The fourth-order valence-electron chi connectivity index (χ4n) is 5.10. The van der Waals surface area contributed by atoms with Gasteiger partial charge in [-0.3, -0.25) is 9.69 Å². The van der Waals surface area contributed by atoms with E-state index in [-0.39, 0.29) is 11.3 Å². The number of hydrogen-bond acceptors (Lipinski definition) is 6. The lowest BCUT2D eigenvalue weighted by atomic mass is 10.1. The standard InChI is InChI=1S/C32H29ClN6OS/c1-20-30(21(2)39(36-20)26-8-6-5-7-9-26)28-18-27(22-10-14-24(33)15-11-22)34-32(35-28)38-29(40)19-41-31(38)23-12-16-25(17-13-23)37(3)4/h5-18,31H,19H2,1-4H3. The van der Waals surface area contributed by atoms with Gasteiger partial charge in [-0.25, -0.2) is 14.6 Å². The molecule has 0 saturated carbocycles. The lowest BCUT2D eigenvalue weighted by molar-refractivity contribution is -0.115. The number of benzene rings is 3. The lowest BCUT2D eigenvalue weighted by Crippen LogP contribution is -2.30. The van der Waals surface area contributed by atoms with Crippen molar-refractivity contribution in [3.63, 3.8) is 0 Å². The summed E-state index contributed by atoms with van der Waals surface area (Å²) in [6.45, 7) is 4.02. The van der Waals surface area contributed by atoms with Gasteiger partial charge in [-0.05, 0) is 61.9 Å². The lowest BCUT2D eigenvalue weighted by Gasteiger charge is -2.24. The number of anilines is 2. The van der Waals surface area contributed by atoms with Crippen LogP contribution >= 0.6 is 23.4 Å². The van der Waals surface area contributed by atoms with Gasteiger partial charge in [0, 0.05) is 35.9 Å². The van der Waals surface area contributed by atoms with Crippen molar-refractivity contribution in [1.82, 2.24) is 19.7 Å². The monoisotopic (exact) mass is 580 g/mol. The van der Waals surface area contributed by atoms with Gasteiger partial charge < -0.3 is 4.90 Å². The summed E-state index contributed by atoms with van der Waals surface area (Å²) in [5, 5.41) is 5.26. The average Bonchev–Trinajstić information content (AvgIpc) is 3.52. The van der Waals surface area contributed by atoms with Crippen LogP contribution in [0.1, 0.15) is 22.3 Å². The van der Waals surface area contributed by atoms with Gasteiger partial charge in [-0.2, -0.15) is 5.10 Å². The fourth-order valence-corrected chi connectivity index (χ4v) is 6.37. The van der Waals surface area contributed by atoms with E-state index in [0.717, 1.165) is 39.5 Å². The second-order valence-corrected chi connectivity index (χ2v) is 11.7. The molecule has 0 bridgehead atoms. The van der Waals surface area contributed by atoms with Crippen molar-refractivity contribution in [2.75, 3.05) is 29.6 Å². The molecule has 7 nitrogen and oxygen atoms in total. The Morgan fingerprint density at radius 2 is 1.59 bits per heavy atom. The van der Waals surface area contributed by atoms with Crippen molar-refractivity contribution in [3.8, 4) is 28.2 Å². The SMILES string of the molecule is Cc1nn(-c2ccccc2)c(C)c1-c1cc(-c2ccc(Cl)cc2)nc(N2C(=O)CSC2c2ccc(N(C)C)cc2)n1. The number of carbonyl (C=O) groups excluding carboxylic acids is 1. The predicted octanol–water partition coefficient (Wildman–Crippen LogP) is 7.11. The van der Waals surface area contributed by atoms with Crippen LogP contribution in [0, 0.1) is 13.8 Å². The first-order valence-electron chi connectivity index (χ1n) is 13.3. The van der Waals surface area contributed by atoms with Gasteiger partial charge in [0.05, 0.1) is 34.2 Å². The number of aromatic nitrogens is 4. The summed E-state index contributed by atoms with van der Waals surface area (Å²) in [6, 6.07) is 27.8. The Bertz CT molecular complexity index is 1720. The second-order valence-electron chi connectivity index (χ2n) is 10.2. The van der Waals surface area contributed by atoms with Gasteiger partial charge in [-0.1, -0.05) is 54.1 Å². The van der Waals surface area contributed by atoms with Crippen LogP contribution in [0.15, 0.2) is 84.9 Å². The van der Waals surface area contributed by atoms with Crippen LogP contribution < -0.4 is 9.80 Å². The molecule has 0 spiro atoms. The molecule has 0 aliphatic carbocycles. The highest BCUT2D eigenvalue weighted by molar-refractivity contribution is 8.00. The molecular weight excluding hydrogens is 552 g/mol. The van der Waals surface area contributed by atoms with Gasteiger partial charge in [0.2, 0.25) is 11.9 Å². The Morgan fingerprint density at radius 1 is 0.902 bits per heavy atom. The highest BCUT2D eigenvalue weighted by atomic mass is 35.5. The summed E-state index contributed by atoms with van der Waals surface area (Å²) in [5.74, 6) is 0.702. The zero-order valence-electron chi connectivity index (χ0n) is 23.2. The van der Waals surface area contributed by atoms with E-state index in [0.29, 0.717) is 28.1 Å². The summed E-state index contributed by atoms with van der Waals surface area (Å²) >= 11 is 7.78. The van der Waals surface area contributed by atoms with Crippen LogP contribution in [0.5, 0.6) is 0 Å². The Morgan fingerprint density at radius 3 is 2.27 bits per heavy atom. The molecule has 3 heterocycles. The maximum atomic E-state index is 13.4. The quantitative estimate of drug-likeness (QED) is 0.213. The highest BCUT2D eigenvalue weighted by Gasteiger charge is 2.36. The summed E-state index contributed by atoms with van der Waals surface area (Å²) in [6.07, 6.45) is 0. The molecule has 2 aromatic heterocycles. The van der Waals surface area contributed by atoms with Crippen molar-refractivity contribution in [2.45, 2.75) is 19.2 Å². The second kappa shape index (κ2) is 11.0. The number of hydrogen-bond donors (Lipinski definition) is 0. The first-order chi connectivity index (χ1) is 19.8. The van der Waals surface area contributed by atoms with Gasteiger partial charge in [0.1, 0.15) is 5.37 Å². The molecule has 41 heavy (non-hydrogen) atoms. The molecule has 1 aliphatic heterocycles. The van der Waals surface area contributed by atoms with Crippen LogP contribution in [0.25, 0.3) is 28.2 Å². The zero-order chi connectivity index (χ0) is 28.7. The van der Waals surface area contributed by atoms with Gasteiger partial charge in [0.25, 0.3) is 0 Å². The number of carbonyl (C=O) groups is 1. The van der Waals surface area contributed by atoms with E-state index >= 15 is 0 Å². The van der Waals surface area contributed by atoms with Crippen molar-refractivity contribution < 1.29 is 4.79 Å². The first-order valence-corrected chi connectivity index (χ1v) is 14.7. The fraction of sp³-hybridized carbons (Fsp3) is 0.188. The number of halogens is 1. The van der Waals surface area contributed by atoms with Crippen LogP contribution in [-0.2, 0) is 4.79 Å². The highest BCUT2D eigenvalue weighted by Crippen LogP contribution is 2.42. The van der Waals surface area contributed by atoms with Crippen molar-refractivity contribution in [2.24, 2.45) is 0 Å². The molecule has 0 N–H and O–H groups in total. The molecule has 5 aromatic rings. The van der Waals surface area contributed by atoms with E-state index in [4.69, 9.17) is 26.7 Å². The molecule has 1 unspecified atom stereocenters. The normalized spacial score (nSPS) is 15.0. The largest absolute Gasteiger partial charge is 0.378 e. The third kappa shape index (κ3) is 5.21. The van der Waals surface area contributed by atoms with Gasteiger partial charge in [0.15, 0.2) is 0 Å². The molecule has 1 fully saturated rings. The van der Waals surface area contributed by atoms with Crippen molar-refractivity contribution >= 4 is 40.9 Å². The summed E-state index contributed by atoms with van der Waals surface area (Å²) in [7, 11) is 4.02. The van der Waals surface area contributed by atoms with E-state index in [2.05, 4.69) is 29.2 Å². The molecule has 3 aromatic carbocycles. The molecular formula is C32H29ClN6OS. The smallest absolute Gasteiger partial charge is 0.240 e. The molecule has 1 saturated heterocycles. The summed E-state index contributed by atoms with van der Waals surface area (Å²) in [5.41, 5.74) is 8.11. The van der Waals surface area contributed by atoms with Crippen LogP contribution in [0.2, 0.25) is 5.02 Å². The number of nitrogens with zero attached hydrogens (tertiary/aromatic N) is 6. The Kier molecular flexibility index (Phi) is 7.28. The first kappa shape index (κ1) is 27.1. The number of rotatable bonds is 6. The summed E-state index contributed by atoms with van der Waals surface area (Å²) in [4.78, 5) is 27.1. The zero-order valence-corrected chi connectivity index (χ0v) is 24.8. The third-order valence-electron chi connectivity index (χ3n) is 7.18. The molecule has 206 valence electrons. The summed E-state index contributed by atoms with van der Waals surface area (Å²) < 4.78 is 1.93. The van der Waals surface area contributed by atoms with Gasteiger partial charge >= 0.3 is 0 Å². The molecule has 1 aliphatic rings. The average molecular weight is 581 g/mol. The van der Waals surface area contributed by atoms with E-state index in [1.807, 2.05) is 93.3 Å². The van der Waals surface area contributed by atoms with E-state index in [1.54, 1.807) is 16.7 Å². The molecule has 9 heteroatoms. The van der Waals surface area contributed by atoms with Crippen LogP contribution in [0.4, 0.5) is 11.6 Å². The van der Waals surface area contributed by atoms with E-state index in [9.17, 15) is 4.79 Å². The van der Waals surface area contributed by atoms with E-state index < -0.39 is 0 Å². The predicted molar refractivity (Wildman–Crippen MR) is 168 cm³/mol. The molecule has 1 amide bonds. The third-order valence-corrected chi connectivity index (χ3v) is 8.64.